The van der Waals surface area contributed by atoms with Gasteiger partial charge in [0.25, 0.3) is 0 Å². The molecule has 40 heavy (non-hydrogen) atoms. The molecule has 1 aliphatic rings. The van der Waals surface area contributed by atoms with Gasteiger partial charge in [0, 0.05) is 37.2 Å². The number of ether oxygens (including phenoxy) is 1. The van der Waals surface area contributed by atoms with Gasteiger partial charge in [-0.05, 0) is 55.8 Å². The number of aliphatic hydroxyl groups excluding tert-OH is 2. The predicted molar refractivity (Wildman–Crippen MR) is 157 cm³/mol. The van der Waals surface area contributed by atoms with Crippen LogP contribution in [0.5, 0.6) is 5.75 Å². The molecule has 7 nitrogen and oxygen atoms in total. The zero-order valence-electron chi connectivity index (χ0n) is 23.5. The molecule has 0 unspecified atom stereocenters. The number of benzene rings is 3. The van der Waals surface area contributed by atoms with Crippen molar-refractivity contribution < 1.29 is 23.4 Å². The Labute approximate surface area is 238 Å². The van der Waals surface area contributed by atoms with Crippen molar-refractivity contribution in [1.29, 1.82) is 0 Å². The average molecular weight is 563 g/mol. The number of hydrogen-bond donors (Lipinski definition) is 2. The highest BCUT2D eigenvalue weighted by atomic mass is 32.2. The van der Waals surface area contributed by atoms with Crippen LogP contribution in [0.25, 0.3) is 11.1 Å². The summed E-state index contributed by atoms with van der Waals surface area (Å²) in [6, 6.07) is 22.9. The maximum absolute atomic E-state index is 13.6. The van der Waals surface area contributed by atoms with Crippen LogP contribution in [0.2, 0.25) is 0 Å². The SMILES string of the molecule is C[C@H](O)C#Cc1ccc2c(c1)O[C@H](CN(C)Cc1ccc(-c3ccccc3)cc1)[C@H](C)CN([C@@H](C)CO)S2(=O)=O. The summed E-state index contributed by atoms with van der Waals surface area (Å²) < 4.78 is 35.1. The van der Waals surface area contributed by atoms with E-state index in [9.17, 15) is 18.6 Å². The molecule has 3 aromatic carbocycles. The smallest absolute Gasteiger partial charge is 0.247 e. The number of aliphatic hydroxyl groups is 2. The second-order valence-electron chi connectivity index (χ2n) is 10.6. The van der Waals surface area contributed by atoms with Gasteiger partial charge in [-0.15, -0.1) is 0 Å². The van der Waals surface area contributed by atoms with Gasteiger partial charge in [0.2, 0.25) is 10.0 Å². The third kappa shape index (κ3) is 7.11. The van der Waals surface area contributed by atoms with Crippen molar-refractivity contribution in [2.45, 2.75) is 50.5 Å². The van der Waals surface area contributed by atoms with Gasteiger partial charge in [0.15, 0.2) is 0 Å². The van der Waals surface area contributed by atoms with Gasteiger partial charge in [0.1, 0.15) is 22.9 Å². The van der Waals surface area contributed by atoms with E-state index in [4.69, 9.17) is 4.74 Å². The van der Waals surface area contributed by atoms with Gasteiger partial charge in [-0.3, -0.25) is 4.90 Å². The molecule has 212 valence electrons. The van der Waals surface area contributed by atoms with E-state index < -0.39 is 22.2 Å². The Bertz CT molecular complexity index is 1450. The number of sulfonamides is 1. The van der Waals surface area contributed by atoms with Crippen LogP contribution in [0.15, 0.2) is 77.7 Å². The third-order valence-corrected chi connectivity index (χ3v) is 9.12. The van der Waals surface area contributed by atoms with E-state index in [1.54, 1.807) is 26.0 Å². The number of likely N-dealkylation sites (N-methyl/N-ethyl adjacent to an activating group) is 1. The molecular formula is C32H38N2O5S. The fourth-order valence-corrected chi connectivity index (χ4v) is 6.65. The maximum Gasteiger partial charge on any atom is 0.247 e. The Hall–Kier alpha value is -3.19. The van der Waals surface area contributed by atoms with E-state index in [1.807, 2.05) is 32.2 Å². The number of fused-ring (bicyclic) bond motifs is 1. The zero-order valence-corrected chi connectivity index (χ0v) is 24.3. The van der Waals surface area contributed by atoms with Crippen LogP contribution in [-0.2, 0) is 16.6 Å². The predicted octanol–water partition coefficient (Wildman–Crippen LogP) is 3.99. The van der Waals surface area contributed by atoms with Gasteiger partial charge >= 0.3 is 0 Å². The molecule has 0 aromatic heterocycles. The minimum absolute atomic E-state index is 0.0476. The molecule has 4 rings (SSSR count). The average Bonchev–Trinajstić information content (AvgIpc) is 2.94. The van der Waals surface area contributed by atoms with Crippen LogP contribution in [0.1, 0.15) is 31.9 Å². The lowest BCUT2D eigenvalue weighted by molar-refractivity contribution is 0.0733. The lowest BCUT2D eigenvalue weighted by atomic mass is 10.0. The molecule has 0 bridgehead atoms. The molecule has 4 atom stereocenters. The molecule has 0 amide bonds. The molecular weight excluding hydrogens is 524 g/mol. The summed E-state index contributed by atoms with van der Waals surface area (Å²) in [5.74, 6) is 5.64. The molecule has 0 aliphatic carbocycles. The summed E-state index contributed by atoms with van der Waals surface area (Å²) in [6.07, 6.45) is -1.13. The molecule has 3 aromatic rings. The summed E-state index contributed by atoms with van der Waals surface area (Å²) in [4.78, 5) is 2.22. The fourth-order valence-electron chi connectivity index (χ4n) is 4.83. The standard InChI is InChI=1S/C32H38N2O5S/c1-23-19-34(24(2)22-35)40(37,38)32-17-14-26(11-10-25(3)36)18-30(32)39-31(23)21-33(4)20-27-12-15-29(16-13-27)28-8-6-5-7-9-28/h5-9,12-18,23-25,31,35-36H,19-22H2,1-4H3/t23-,24+,25+,31-/m1/s1. The van der Waals surface area contributed by atoms with E-state index in [-0.39, 0.29) is 35.8 Å². The number of rotatable bonds is 7. The summed E-state index contributed by atoms with van der Waals surface area (Å²) in [5.41, 5.74) is 4.05. The van der Waals surface area contributed by atoms with E-state index in [2.05, 4.69) is 53.1 Å². The Morgan fingerprint density at radius 1 is 1.05 bits per heavy atom. The summed E-state index contributed by atoms with van der Waals surface area (Å²) in [7, 11) is -1.90. The lowest BCUT2D eigenvalue weighted by Crippen LogP contribution is -2.49. The third-order valence-electron chi connectivity index (χ3n) is 7.10. The molecule has 1 aliphatic heterocycles. The molecule has 0 spiro atoms. The molecule has 8 heteroatoms. The van der Waals surface area contributed by atoms with Gasteiger partial charge in [-0.25, -0.2) is 8.42 Å². The summed E-state index contributed by atoms with van der Waals surface area (Å²) >= 11 is 0. The van der Waals surface area contributed by atoms with Crippen molar-refractivity contribution in [3.63, 3.8) is 0 Å². The lowest BCUT2D eigenvalue weighted by Gasteiger charge is -2.37. The molecule has 0 saturated heterocycles. The van der Waals surface area contributed by atoms with Crippen LogP contribution in [0, 0.1) is 17.8 Å². The normalized spacial score (nSPS) is 20.3. The quantitative estimate of drug-likeness (QED) is 0.424. The van der Waals surface area contributed by atoms with Crippen molar-refractivity contribution >= 4 is 10.0 Å². The van der Waals surface area contributed by atoms with E-state index in [0.29, 0.717) is 18.7 Å². The second-order valence-corrected chi connectivity index (χ2v) is 12.5. The Morgan fingerprint density at radius 3 is 2.38 bits per heavy atom. The monoisotopic (exact) mass is 562 g/mol. The number of hydrogen-bond acceptors (Lipinski definition) is 6. The Morgan fingerprint density at radius 2 is 1.73 bits per heavy atom. The van der Waals surface area contributed by atoms with Crippen LogP contribution < -0.4 is 4.74 Å². The molecule has 0 radical (unpaired) electrons. The second kappa shape index (κ2) is 13.0. The molecule has 0 fully saturated rings. The van der Waals surface area contributed by atoms with Crippen molar-refractivity contribution in [3.05, 3.63) is 83.9 Å². The highest BCUT2D eigenvalue weighted by Crippen LogP contribution is 2.34. The van der Waals surface area contributed by atoms with Crippen molar-refractivity contribution in [3.8, 4) is 28.7 Å². The van der Waals surface area contributed by atoms with Gasteiger partial charge in [-0.2, -0.15) is 4.31 Å². The van der Waals surface area contributed by atoms with Crippen LogP contribution in [-0.4, -0.2) is 72.8 Å². The first kappa shape index (κ1) is 29.8. The highest BCUT2D eigenvalue weighted by molar-refractivity contribution is 7.89. The van der Waals surface area contributed by atoms with Crippen LogP contribution in [0.3, 0.4) is 0 Å². The van der Waals surface area contributed by atoms with Crippen molar-refractivity contribution in [2.75, 3.05) is 26.7 Å². The minimum atomic E-state index is -3.93. The highest BCUT2D eigenvalue weighted by Gasteiger charge is 2.38. The number of nitrogens with zero attached hydrogens (tertiary/aromatic N) is 2. The first-order valence-corrected chi connectivity index (χ1v) is 15.0. The van der Waals surface area contributed by atoms with Gasteiger partial charge in [0.05, 0.1) is 6.61 Å². The van der Waals surface area contributed by atoms with Crippen LogP contribution >= 0.6 is 0 Å². The topological polar surface area (TPSA) is 90.3 Å². The largest absolute Gasteiger partial charge is 0.487 e. The fraction of sp³-hybridized carbons (Fsp3) is 0.375. The zero-order chi connectivity index (χ0) is 28.9. The molecule has 2 N–H and O–H groups in total. The van der Waals surface area contributed by atoms with Crippen LogP contribution in [0.4, 0.5) is 0 Å². The van der Waals surface area contributed by atoms with Gasteiger partial charge in [-0.1, -0.05) is 73.4 Å². The van der Waals surface area contributed by atoms with Crippen molar-refractivity contribution in [2.24, 2.45) is 5.92 Å². The van der Waals surface area contributed by atoms with Gasteiger partial charge < -0.3 is 14.9 Å². The first-order valence-electron chi connectivity index (χ1n) is 13.5. The van der Waals surface area contributed by atoms with E-state index in [0.717, 1.165) is 11.1 Å². The summed E-state index contributed by atoms with van der Waals surface area (Å²) in [6.45, 7) is 6.44. The summed E-state index contributed by atoms with van der Waals surface area (Å²) in [5, 5.41) is 19.4. The van der Waals surface area contributed by atoms with E-state index >= 15 is 0 Å². The Balaban J connectivity index is 1.59. The maximum atomic E-state index is 13.6. The first-order chi connectivity index (χ1) is 19.1. The Kier molecular flexibility index (Phi) is 9.67. The minimum Gasteiger partial charge on any atom is -0.487 e. The molecule has 1 heterocycles. The van der Waals surface area contributed by atoms with Crippen molar-refractivity contribution in [1.82, 2.24) is 9.21 Å². The molecule has 0 saturated carbocycles. The van der Waals surface area contributed by atoms with E-state index in [1.165, 1.54) is 15.9 Å².